The van der Waals surface area contributed by atoms with E-state index < -0.39 is 0 Å². The summed E-state index contributed by atoms with van der Waals surface area (Å²) in [6.07, 6.45) is -0.279. The van der Waals surface area contributed by atoms with Gasteiger partial charge in [-0.05, 0) is 35.9 Å². The number of hydrogen-bond acceptors (Lipinski definition) is 5. The molecule has 25 heavy (non-hydrogen) atoms. The van der Waals surface area contributed by atoms with Gasteiger partial charge in [0.05, 0.1) is 27.4 Å². The second-order valence-electron chi connectivity index (χ2n) is 5.28. The molecular formula is C19H23NO5. The Hall–Kier alpha value is -2.73. The fourth-order valence-corrected chi connectivity index (χ4v) is 2.44. The lowest BCUT2D eigenvalue weighted by molar-refractivity contribution is 0.0827. The Bertz CT molecular complexity index is 717. The van der Waals surface area contributed by atoms with Gasteiger partial charge in [0.25, 0.3) is 5.91 Å². The Balaban J connectivity index is 2.06. The number of hydrogen-bond donors (Lipinski definition) is 1. The molecule has 0 spiro atoms. The predicted octanol–water partition coefficient (Wildman–Crippen LogP) is 2.83. The Morgan fingerprint density at radius 2 is 1.72 bits per heavy atom. The molecule has 0 bridgehead atoms. The molecule has 2 aromatic carbocycles. The van der Waals surface area contributed by atoms with Crippen LogP contribution in [0.4, 0.5) is 0 Å². The molecule has 0 heterocycles. The first kappa shape index (κ1) is 18.6. The van der Waals surface area contributed by atoms with Crippen molar-refractivity contribution < 1.29 is 23.7 Å². The van der Waals surface area contributed by atoms with Gasteiger partial charge in [-0.3, -0.25) is 4.79 Å². The molecule has 1 atom stereocenters. The summed E-state index contributed by atoms with van der Waals surface area (Å²) in [5.74, 6) is 1.60. The molecule has 1 amide bonds. The second kappa shape index (κ2) is 8.94. The third-order valence-corrected chi connectivity index (χ3v) is 3.84. The third kappa shape index (κ3) is 4.64. The highest BCUT2D eigenvalue weighted by Gasteiger charge is 2.15. The molecular weight excluding hydrogens is 322 g/mol. The first-order valence-electron chi connectivity index (χ1n) is 7.80. The van der Waals surface area contributed by atoms with E-state index in [1.165, 1.54) is 7.11 Å². The van der Waals surface area contributed by atoms with Crippen LogP contribution in [0.3, 0.4) is 0 Å². The number of ether oxygens (including phenoxy) is 4. The van der Waals surface area contributed by atoms with Gasteiger partial charge in [0.2, 0.25) is 0 Å². The topological polar surface area (TPSA) is 66.0 Å². The van der Waals surface area contributed by atoms with E-state index in [-0.39, 0.29) is 12.0 Å². The summed E-state index contributed by atoms with van der Waals surface area (Å²) in [4.78, 5) is 12.4. The number of carbonyl (C=O) groups excluding carboxylic acids is 1. The summed E-state index contributed by atoms with van der Waals surface area (Å²) in [6, 6.07) is 12.6. The van der Waals surface area contributed by atoms with Gasteiger partial charge in [-0.15, -0.1) is 0 Å². The number of rotatable bonds is 8. The van der Waals surface area contributed by atoms with E-state index in [0.29, 0.717) is 23.6 Å². The maximum absolute atomic E-state index is 12.4. The fraction of sp³-hybridized carbons (Fsp3) is 0.316. The Kier molecular flexibility index (Phi) is 6.65. The minimum atomic E-state index is -0.279. The van der Waals surface area contributed by atoms with Crippen LogP contribution in [-0.4, -0.2) is 40.9 Å². The van der Waals surface area contributed by atoms with E-state index in [4.69, 9.17) is 18.9 Å². The van der Waals surface area contributed by atoms with Gasteiger partial charge in [-0.1, -0.05) is 12.1 Å². The second-order valence-corrected chi connectivity index (χ2v) is 5.28. The lowest BCUT2D eigenvalue weighted by Crippen LogP contribution is -2.29. The molecule has 0 aliphatic rings. The zero-order chi connectivity index (χ0) is 18.2. The van der Waals surface area contributed by atoms with Crippen molar-refractivity contribution in [3.63, 3.8) is 0 Å². The van der Waals surface area contributed by atoms with Crippen LogP contribution in [0.1, 0.15) is 22.0 Å². The van der Waals surface area contributed by atoms with Crippen molar-refractivity contribution in [2.75, 3.05) is 35.0 Å². The van der Waals surface area contributed by atoms with Crippen LogP contribution in [0.2, 0.25) is 0 Å². The maximum Gasteiger partial charge on any atom is 0.251 e. The molecule has 0 aliphatic carbocycles. The molecule has 0 saturated heterocycles. The quantitative estimate of drug-likeness (QED) is 0.797. The first-order valence-corrected chi connectivity index (χ1v) is 7.80. The van der Waals surface area contributed by atoms with E-state index in [0.717, 1.165) is 11.3 Å². The van der Waals surface area contributed by atoms with Gasteiger partial charge < -0.3 is 24.3 Å². The standard InChI is InChI=1S/C19H23NO5/c1-22-15-7-5-6-13(10-15)18(25-4)12-20-19(21)14-8-9-16(23-2)17(11-14)24-3/h5-11,18H,12H2,1-4H3,(H,20,21). The summed E-state index contributed by atoms with van der Waals surface area (Å²) in [6.45, 7) is 0.330. The molecule has 0 aromatic heterocycles. The average Bonchev–Trinajstić information content (AvgIpc) is 2.67. The predicted molar refractivity (Wildman–Crippen MR) is 94.6 cm³/mol. The summed E-state index contributed by atoms with van der Waals surface area (Å²) in [5.41, 5.74) is 1.41. The summed E-state index contributed by atoms with van der Waals surface area (Å²) in [7, 11) is 6.30. The van der Waals surface area contributed by atoms with E-state index in [2.05, 4.69) is 5.32 Å². The van der Waals surface area contributed by atoms with Crippen LogP contribution >= 0.6 is 0 Å². The minimum Gasteiger partial charge on any atom is -0.497 e. The van der Waals surface area contributed by atoms with E-state index in [1.807, 2.05) is 24.3 Å². The smallest absolute Gasteiger partial charge is 0.251 e. The number of methoxy groups -OCH3 is 4. The van der Waals surface area contributed by atoms with Crippen LogP contribution in [0, 0.1) is 0 Å². The normalized spacial score (nSPS) is 11.5. The summed E-state index contributed by atoms with van der Waals surface area (Å²) in [5, 5.41) is 2.87. The van der Waals surface area contributed by atoms with Crippen molar-refractivity contribution in [3.8, 4) is 17.2 Å². The molecule has 0 radical (unpaired) electrons. The molecule has 134 valence electrons. The van der Waals surface area contributed by atoms with Gasteiger partial charge in [-0.25, -0.2) is 0 Å². The van der Waals surface area contributed by atoms with Crippen LogP contribution < -0.4 is 19.5 Å². The Morgan fingerprint density at radius 3 is 2.36 bits per heavy atom. The van der Waals surface area contributed by atoms with Crippen molar-refractivity contribution in [2.45, 2.75) is 6.10 Å². The highest BCUT2D eigenvalue weighted by Crippen LogP contribution is 2.27. The summed E-state index contributed by atoms with van der Waals surface area (Å²) >= 11 is 0. The molecule has 2 aromatic rings. The van der Waals surface area contributed by atoms with Crippen molar-refractivity contribution in [2.24, 2.45) is 0 Å². The SMILES string of the molecule is COc1cccc(C(CNC(=O)c2ccc(OC)c(OC)c2)OC)c1. The molecule has 0 fully saturated rings. The highest BCUT2D eigenvalue weighted by atomic mass is 16.5. The molecule has 0 aliphatic heterocycles. The van der Waals surface area contributed by atoms with Gasteiger partial charge in [0.15, 0.2) is 11.5 Å². The van der Waals surface area contributed by atoms with Crippen LogP contribution in [-0.2, 0) is 4.74 Å². The number of carbonyl (C=O) groups is 1. The monoisotopic (exact) mass is 345 g/mol. The fourth-order valence-electron chi connectivity index (χ4n) is 2.44. The average molecular weight is 345 g/mol. The van der Waals surface area contributed by atoms with Crippen molar-refractivity contribution in [1.82, 2.24) is 5.32 Å². The largest absolute Gasteiger partial charge is 0.497 e. The molecule has 2 rings (SSSR count). The van der Waals surface area contributed by atoms with E-state index in [9.17, 15) is 4.79 Å². The number of benzene rings is 2. The molecule has 6 nitrogen and oxygen atoms in total. The zero-order valence-electron chi connectivity index (χ0n) is 14.9. The van der Waals surface area contributed by atoms with Crippen molar-refractivity contribution in [3.05, 3.63) is 53.6 Å². The van der Waals surface area contributed by atoms with Crippen LogP contribution in [0.25, 0.3) is 0 Å². The Morgan fingerprint density at radius 1 is 0.960 bits per heavy atom. The minimum absolute atomic E-state index is 0.217. The van der Waals surface area contributed by atoms with Gasteiger partial charge in [-0.2, -0.15) is 0 Å². The van der Waals surface area contributed by atoms with Gasteiger partial charge in [0.1, 0.15) is 5.75 Å². The van der Waals surface area contributed by atoms with E-state index in [1.54, 1.807) is 39.5 Å². The first-order chi connectivity index (χ1) is 12.1. The Labute approximate surface area is 147 Å². The molecule has 1 unspecified atom stereocenters. The van der Waals surface area contributed by atoms with Crippen LogP contribution in [0.15, 0.2) is 42.5 Å². The maximum atomic E-state index is 12.4. The highest BCUT2D eigenvalue weighted by molar-refractivity contribution is 5.94. The van der Waals surface area contributed by atoms with E-state index >= 15 is 0 Å². The third-order valence-electron chi connectivity index (χ3n) is 3.84. The molecule has 6 heteroatoms. The van der Waals surface area contributed by atoms with Gasteiger partial charge >= 0.3 is 0 Å². The summed E-state index contributed by atoms with van der Waals surface area (Å²) < 4.78 is 21.1. The lowest BCUT2D eigenvalue weighted by Gasteiger charge is -2.17. The lowest BCUT2D eigenvalue weighted by atomic mass is 10.1. The molecule has 1 N–H and O–H groups in total. The molecule has 0 saturated carbocycles. The number of amides is 1. The van der Waals surface area contributed by atoms with Gasteiger partial charge in [0, 0.05) is 19.2 Å². The zero-order valence-corrected chi connectivity index (χ0v) is 14.9. The van der Waals surface area contributed by atoms with Crippen molar-refractivity contribution >= 4 is 5.91 Å². The number of nitrogens with one attached hydrogen (secondary N) is 1. The van der Waals surface area contributed by atoms with Crippen molar-refractivity contribution in [1.29, 1.82) is 0 Å². The van der Waals surface area contributed by atoms with Crippen LogP contribution in [0.5, 0.6) is 17.2 Å².